The maximum atomic E-state index is 5.45. The van der Waals surface area contributed by atoms with Crippen LogP contribution >= 0.6 is 0 Å². The smallest absolute Gasteiger partial charge is 0.181 e. The Balaban J connectivity index is 1.90. The summed E-state index contributed by atoms with van der Waals surface area (Å²) in [5.74, 6) is 0.699. The molecule has 4 nitrogen and oxygen atoms in total. The molecular formula is C7H10N2O2. The first-order valence-corrected chi connectivity index (χ1v) is 3.74. The molecule has 0 aromatic carbocycles. The molecule has 1 atom stereocenters. The highest BCUT2D eigenvalue weighted by molar-refractivity contribution is 5.08. The Hall–Kier alpha value is -1.03. The van der Waals surface area contributed by atoms with Gasteiger partial charge in [-0.3, -0.25) is 5.32 Å². The molecule has 4 heteroatoms. The van der Waals surface area contributed by atoms with Gasteiger partial charge < -0.3 is 9.26 Å². The molecule has 1 fully saturated rings. The Morgan fingerprint density at radius 2 is 2.73 bits per heavy atom. The molecule has 0 bridgehead atoms. The van der Waals surface area contributed by atoms with E-state index in [0.717, 1.165) is 13.0 Å². The van der Waals surface area contributed by atoms with E-state index in [0.29, 0.717) is 5.75 Å². The molecular weight excluding hydrogens is 144 g/mol. The third-order valence-electron chi connectivity index (χ3n) is 1.70. The molecule has 1 aromatic rings. The molecule has 0 saturated carbocycles. The number of hydrogen-bond donors (Lipinski definition) is 1. The number of ether oxygens (including phenoxy) is 1. The zero-order chi connectivity index (χ0) is 7.52. The molecule has 2 heterocycles. The summed E-state index contributed by atoms with van der Waals surface area (Å²) in [7, 11) is 0. The van der Waals surface area contributed by atoms with E-state index >= 15 is 0 Å². The molecule has 1 aliphatic heterocycles. The molecule has 1 unspecified atom stereocenters. The molecule has 0 aliphatic carbocycles. The van der Waals surface area contributed by atoms with E-state index in [1.54, 1.807) is 6.20 Å². The topological polar surface area (TPSA) is 47.3 Å². The fraction of sp³-hybridized carbons (Fsp3) is 0.571. The Bertz CT molecular complexity index is 204. The highest BCUT2D eigenvalue weighted by Crippen LogP contribution is 2.13. The van der Waals surface area contributed by atoms with Gasteiger partial charge in [0, 0.05) is 0 Å². The van der Waals surface area contributed by atoms with Gasteiger partial charge in [-0.25, -0.2) is 0 Å². The molecule has 0 radical (unpaired) electrons. The van der Waals surface area contributed by atoms with Gasteiger partial charge in [0.1, 0.15) is 6.20 Å². The molecule has 1 N–H and O–H groups in total. The second-order valence-electron chi connectivity index (χ2n) is 2.56. The monoisotopic (exact) mass is 154 g/mol. The number of aromatic nitrogens is 1. The summed E-state index contributed by atoms with van der Waals surface area (Å²) in [6.07, 6.45) is 5.45. The molecule has 60 valence electrons. The SMILES string of the molecule is c1nocc1OC1CCCN1. The van der Waals surface area contributed by atoms with E-state index in [4.69, 9.17) is 4.74 Å². The molecule has 2 rings (SSSR count). The number of hydrogen-bond acceptors (Lipinski definition) is 4. The van der Waals surface area contributed by atoms with Gasteiger partial charge >= 0.3 is 0 Å². The Labute approximate surface area is 64.5 Å². The van der Waals surface area contributed by atoms with E-state index in [-0.39, 0.29) is 6.23 Å². The zero-order valence-electron chi connectivity index (χ0n) is 6.12. The fourth-order valence-corrected chi connectivity index (χ4v) is 1.17. The highest BCUT2D eigenvalue weighted by Gasteiger charge is 2.15. The zero-order valence-corrected chi connectivity index (χ0v) is 6.12. The number of nitrogens with zero attached hydrogens (tertiary/aromatic N) is 1. The van der Waals surface area contributed by atoms with Crippen LogP contribution in [0.4, 0.5) is 0 Å². The minimum Gasteiger partial charge on any atom is -0.470 e. The van der Waals surface area contributed by atoms with Crippen molar-refractivity contribution in [2.75, 3.05) is 6.54 Å². The van der Waals surface area contributed by atoms with Crippen LogP contribution in [-0.4, -0.2) is 17.9 Å². The predicted octanol–water partition coefficient (Wildman–Crippen LogP) is 0.763. The molecule has 11 heavy (non-hydrogen) atoms. The first-order chi connectivity index (χ1) is 5.45. The van der Waals surface area contributed by atoms with E-state index in [1.807, 2.05) is 0 Å². The molecule has 1 aliphatic rings. The lowest BCUT2D eigenvalue weighted by atomic mass is 10.4. The van der Waals surface area contributed by atoms with Crippen LogP contribution < -0.4 is 10.1 Å². The predicted molar refractivity (Wildman–Crippen MR) is 38.2 cm³/mol. The third-order valence-corrected chi connectivity index (χ3v) is 1.70. The van der Waals surface area contributed by atoms with E-state index in [9.17, 15) is 0 Å². The molecule has 1 aromatic heterocycles. The van der Waals surface area contributed by atoms with Crippen molar-refractivity contribution in [3.05, 3.63) is 12.5 Å². The summed E-state index contributed by atoms with van der Waals surface area (Å²) >= 11 is 0. The van der Waals surface area contributed by atoms with E-state index in [1.165, 1.54) is 12.7 Å². The summed E-state index contributed by atoms with van der Waals surface area (Å²) in [6, 6.07) is 0. The number of rotatable bonds is 2. The van der Waals surface area contributed by atoms with Crippen molar-refractivity contribution < 1.29 is 9.26 Å². The summed E-state index contributed by atoms with van der Waals surface area (Å²) in [5, 5.41) is 6.74. The van der Waals surface area contributed by atoms with Crippen LogP contribution in [0.2, 0.25) is 0 Å². The first-order valence-electron chi connectivity index (χ1n) is 3.74. The summed E-state index contributed by atoms with van der Waals surface area (Å²) in [6.45, 7) is 1.04. The van der Waals surface area contributed by atoms with Gasteiger partial charge in [0.05, 0.1) is 0 Å². The lowest BCUT2D eigenvalue weighted by Gasteiger charge is -2.09. The van der Waals surface area contributed by atoms with Crippen molar-refractivity contribution in [3.8, 4) is 5.75 Å². The Morgan fingerprint density at radius 1 is 1.73 bits per heavy atom. The van der Waals surface area contributed by atoms with E-state index in [2.05, 4.69) is 15.0 Å². The average Bonchev–Trinajstić information content (AvgIpc) is 2.60. The van der Waals surface area contributed by atoms with Crippen LogP contribution in [0, 0.1) is 0 Å². The lowest BCUT2D eigenvalue weighted by molar-refractivity contribution is 0.186. The van der Waals surface area contributed by atoms with Gasteiger partial charge in [-0.1, -0.05) is 5.16 Å². The Morgan fingerprint density at radius 3 is 3.36 bits per heavy atom. The summed E-state index contributed by atoms with van der Waals surface area (Å²) in [5.41, 5.74) is 0. The molecule has 0 amide bonds. The highest BCUT2D eigenvalue weighted by atomic mass is 16.5. The van der Waals surface area contributed by atoms with Crippen LogP contribution in [0.3, 0.4) is 0 Å². The van der Waals surface area contributed by atoms with Gasteiger partial charge in [-0.15, -0.1) is 0 Å². The van der Waals surface area contributed by atoms with Crippen molar-refractivity contribution >= 4 is 0 Å². The van der Waals surface area contributed by atoms with Crippen LogP contribution in [0.5, 0.6) is 5.75 Å². The largest absolute Gasteiger partial charge is 0.470 e. The normalized spacial score (nSPS) is 23.8. The standard InChI is InChI=1S/C7H10N2O2/c1-2-7(8-3-1)11-6-4-9-10-5-6/h4-5,7-8H,1-3H2. The summed E-state index contributed by atoms with van der Waals surface area (Å²) in [4.78, 5) is 0. The maximum Gasteiger partial charge on any atom is 0.181 e. The van der Waals surface area contributed by atoms with Gasteiger partial charge in [0.15, 0.2) is 18.2 Å². The maximum absolute atomic E-state index is 5.45. The van der Waals surface area contributed by atoms with Gasteiger partial charge in [-0.2, -0.15) is 0 Å². The van der Waals surface area contributed by atoms with Gasteiger partial charge in [0.25, 0.3) is 0 Å². The van der Waals surface area contributed by atoms with Crippen LogP contribution in [0.25, 0.3) is 0 Å². The van der Waals surface area contributed by atoms with Crippen LogP contribution in [-0.2, 0) is 0 Å². The van der Waals surface area contributed by atoms with Crippen LogP contribution in [0.1, 0.15) is 12.8 Å². The van der Waals surface area contributed by atoms with Crippen molar-refractivity contribution in [2.45, 2.75) is 19.1 Å². The average molecular weight is 154 g/mol. The molecule has 0 spiro atoms. The molecule has 1 saturated heterocycles. The van der Waals surface area contributed by atoms with Crippen LogP contribution in [0.15, 0.2) is 17.0 Å². The lowest BCUT2D eigenvalue weighted by Crippen LogP contribution is -2.27. The minimum absolute atomic E-state index is 0.148. The van der Waals surface area contributed by atoms with Gasteiger partial charge in [-0.05, 0) is 19.4 Å². The number of nitrogens with one attached hydrogen (secondary N) is 1. The van der Waals surface area contributed by atoms with Crippen molar-refractivity contribution in [1.82, 2.24) is 10.5 Å². The van der Waals surface area contributed by atoms with Crippen molar-refractivity contribution in [1.29, 1.82) is 0 Å². The second kappa shape index (κ2) is 2.92. The van der Waals surface area contributed by atoms with Gasteiger partial charge in [0.2, 0.25) is 0 Å². The van der Waals surface area contributed by atoms with E-state index < -0.39 is 0 Å². The first kappa shape index (κ1) is 6.67. The minimum atomic E-state index is 0.148. The third kappa shape index (κ3) is 1.51. The Kier molecular flexibility index (Phi) is 1.77. The fourth-order valence-electron chi connectivity index (χ4n) is 1.17. The summed E-state index contributed by atoms with van der Waals surface area (Å²) < 4.78 is 10.1. The van der Waals surface area contributed by atoms with Crippen molar-refractivity contribution in [2.24, 2.45) is 0 Å². The van der Waals surface area contributed by atoms with Crippen molar-refractivity contribution in [3.63, 3.8) is 0 Å². The quantitative estimate of drug-likeness (QED) is 0.683. The second-order valence-corrected chi connectivity index (χ2v) is 2.56.